The van der Waals surface area contributed by atoms with Gasteiger partial charge in [-0.15, -0.1) is 0 Å². The first-order valence-electron chi connectivity index (χ1n) is 12.8. The number of nitrogens with zero attached hydrogens (tertiary/aromatic N) is 2. The molecule has 37 heavy (non-hydrogen) atoms. The molecule has 2 aromatic rings. The standard InChI is InChI=1S/C28H41N3O5S/c1-7-22(4)29-28(33)24(8-2)30(20-23-15-10-9-14-21(23)3)27(32)18-13-19-31(37(6,34)35)25-16-11-12-17-26(25)36-5/h9-12,14-17,22,24H,7-8,13,18-20H2,1-6H3,(H,29,33). The SMILES string of the molecule is CCC(C)NC(=O)C(CC)N(Cc1ccccc1C)C(=O)CCCN(c1ccccc1OC)S(C)(=O)=O. The van der Waals surface area contributed by atoms with Crippen LogP contribution in [0.15, 0.2) is 48.5 Å². The molecular formula is C28H41N3O5S. The lowest BCUT2D eigenvalue weighted by Crippen LogP contribution is -2.50. The average molecular weight is 532 g/mol. The number of anilines is 1. The molecule has 2 amide bonds. The molecule has 0 aliphatic rings. The summed E-state index contributed by atoms with van der Waals surface area (Å²) in [7, 11) is -2.12. The summed E-state index contributed by atoms with van der Waals surface area (Å²) in [5.41, 5.74) is 2.44. The van der Waals surface area contributed by atoms with Crippen LogP contribution >= 0.6 is 0 Å². The Morgan fingerprint density at radius 3 is 2.27 bits per heavy atom. The van der Waals surface area contributed by atoms with Gasteiger partial charge in [0.25, 0.3) is 0 Å². The van der Waals surface area contributed by atoms with E-state index in [-0.39, 0.29) is 37.2 Å². The van der Waals surface area contributed by atoms with Crippen LogP contribution in [0.2, 0.25) is 0 Å². The molecule has 0 spiro atoms. The quantitative estimate of drug-likeness (QED) is 0.393. The Kier molecular flexibility index (Phi) is 11.4. The maximum Gasteiger partial charge on any atom is 0.243 e. The van der Waals surface area contributed by atoms with Crippen molar-refractivity contribution in [2.75, 3.05) is 24.2 Å². The van der Waals surface area contributed by atoms with Crippen molar-refractivity contribution >= 4 is 27.5 Å². The molecular weight excluding hydrogens is 490 g/mol. The maximum atomic E-state index is 13.6. The highest BCUT2D eigenvalue weighted by Crippen LogP contribution is 2.30. The summed E-state index contributed by atoms with van der Waals surface area (Å²) in [4.78, 5) is 28.3. The first-order valence-corrected chi connectivity index (χ1v) is 14.6. The molecule has 0 bridgehead atoms. The summed E-state index contributed by atoms with van der Waals surface area (Å²) in [6, 6.07) is 14.1. The van der Waals surface area contributed by atoms with Crippen molar-refractivity contribution in [2.45, 2.75) is 72.0 Å². The monoisotopic (exact) mass is 531 g/mol. The van der Waals surface area contributed by atoms with Gasteiger partial charge in [-0.3, -0.25) is 13.9 Å². The molecule has 0 radical (unpaired) electrons. The minimum atomic E-state index is -3.61. The van der Waals surface area contributed by atoms with Gasteiger partial charge in [0.2, 0.25) is 21.8 Å². The number of hydrogen-bond acceptors (Lipinski definition) is 5. The van der Waals surface area contributed by atoms with E-state index in [9.17, 15) is 18.0 Å². The van der Waals surface area contributed by atoms with Gasteiger partial charge < -0.3 is 15.0 Å². The van der Waals surface area contributed by atoms with Crippen LogP contribution in [0.4, 0.5) is 5.69 Å². The molecule has 0 saturated carbocycles. The molecule has 8 nitrogen and oxygen atoms in total. The molecule has 0 aromatic heterocycles. The summed E-state index contributed by atoms with van der Waals surface area (Å²) >= 11 is 0. The first kappa shape index (κ1) is 30.2. The summed E-state index contributed by atoms with van der Waals surface area (Å²) in [5, 5.41) is 3.01. The fourth-order valence-electron chi connectivity index (χ4n) is 4.15. The van der Waals surface area contributed by atoms with Gasteiger partial charge in [0, 0.05) is 25.6 Å². The van der Waals surface area contributed by atoms with Crippen molar-refractivity contribution in [3.05, 3.63) is 59.7 Å². The van der Waals surface area contributed by atoms with Gasteiger partial charge >= 0.3 is 0 Å². The number of carbonyl (C=O) groups is 2. The molecule has 9 heteroatoms. The smallest absolute Gasteiger partial charge is 0.243 e. The number of para-hydroxylation sites is 2. The van der Waals surface area contributed by atoms with Crippen molar-refractivity contribution in [2.24, 2.45) is 0 Å². The fraction of sp³-hybridized carbons (Fsp3) is 0.500. The Labute approximate surface area is 222 Å². The molecule has 0 saturated heterocycles. The largest absolute Gasteiger partial charge is 0.495 e. The molecule has 0 heterocycles. The van der Waals surface area contributed by atoms with Crippen molar-refractivity contribution in [1.82, 2.24) is 10.2 Å². The van der Waals surface area contributed by atoms with Gasteiger partial charge in [-0.05, 0) is 56.4 Å². The van der Waals surface area contributed by atoms with Gasteiger partial charge in [0.1, 0.15) is 11.8 Å². The molecule has 2 rings (SSSR count). The Bertz CT molecular complexity index is 1150. The van der Waals surface area contributed by atoms with Crippen LogP contribution in [-0.4, -0.2) is 57.1 Å². The van der Waals surface area contributed by atoms with Crippen molar-refractivity contribution < 1.29 is 22.7 Å². The second-order valence-electron chi connectivity index (χ2n) is 9.30. The third-order valence-electron chi connectivity index (χ3n) is 6.49. The number of aryl methyl sites for hydroxylation is 1. The number of ether oxygens (including phenoxy) is 1. The van der Waals surface area contributed by atoms with Crippen LogP contribution in [-0.2, 0) is 26.2 Å². The van der Waals surface area contributed by atoms with Gasteiger partial charge in [0.05, 0.1) is 19.1 Å². The van der Waals surface area contributed by atoms with Crippen molar-refractivity contribution in [3.8, 4) is 5.75 Å². The summed E-state index contributed by atoms with van der Waals surface area (Å²) in [5.74, 6) is 0.0710. The van der Waals surface area contributed by atoms with E-state index in [0.29, 0.717) is 24.4 Å². The lowest BCUT2D eigenvalue weighted by Gasteiger charge is -2.32. The minimum Gasteiger partial charge on any atom is -0.495 e. The number of amides is 2. The Balaban J connectivity index is 2.26. The lowest BCUT2D eigenvalue weighted by atomic mass is 10.0. The third kappa shape index (κ3) is 8.49. The lowest BCUT2D eigenvalue weighted by molar-refractivity contribution is -0.141. The van der Waals surface area contributed by atoms with E-state index in [1.54, 1.807) is 29.2 Å². The second kappa shape index (κ2) is 14.0. The topological polar surface area (TPSA) is 96.0 Å². The number of carbonyl (C=O) groups excluding carboxylic acids is 2. The van der Waals surface area contributed by atoms with Gasteiger partial charge in [-0.1, -0.05) is 50.2 Å². The van der Waals surface area contributed by atoms with Gasteiger partial charge in [-0.25, -0.2) is 8.42 Å². The molecule has 2 atom stereocenters. The van der Waals surface area contributed by atoms with Crippen LogP contribution in [0.25, 0.3) is 0 Å². The number of rotatable bonds is 14. The minimum absolute atomic E-state index is 0.00105. The van der Waals surface area contributed by atoms with E-state index in [1.807, 2.05) is 52.0 Å². The zero-order chi connectivity index (χ0) is 27.6. The number of nitrogens with one attached hydrogen (secondary N) is 1. The number of benzene rings is 2. The van der Waals surface area contributed by atoms with E-state index in [0.717, 1.165) is 23.8 Å². The van der Waals surface area contributed by atoms with Crippen LogP contribution in [0, 0.1) is 6.92 Å². The van der Waals surface area contributed by atoms with E-state index >= 15 is 0 Å². The zero-order valence-corrected chi connectivity index (χ0v) is 23.7. The molecule has 0 aliphatic heterocycles. The molecule has 2 aromatic carbocycles. The van der Waals surface area contributed by atoms with Crippen LogP contribution in [0.1, 0.15) is 57.6 Å². The van der Waals surface area contributed by atoms with Crippen LogP contribution in [0.3, 0.4) is 0 Å². The molecule has 2 unspecified atom stereocenters. The van der Waals surface area contributed by atoms with Gasteiger partial charge in [0.15, 0.2) is 0 Å². The van der Waals surface area contributed by atoms with Crippen LogP contribution in [0.5, 0.6) is 5.75 Å². The van der Waals surface area contributed by atoms with E-state index in [4.69, 9.17) is 4.74 Å². The number of hydrogen-bond donors (Lipinski definition) is 1. The highest BCUT2D eigenvalue weighted by molar-refractivity contribution is 7.92. The average Bonchev–Trinajstić information content (AvgIpc) is 2.86. The molecule has 1 N–H and O–H groups in total. The van der Waals surface area contributed by atoms with Gasteiger partial charge in [-0.2, -0.15) is 0 Å². The van der Waals surface area contributed by atoms with E-state index < -0.39 is 16.1 Å². The number of methoxy groups -OCH3 is 1. The zero-order valence-electron chi connectivity index (χ0n) is 22.9. The highest BCUT2D eigenvalue weighted by Gasteiger charge is 2.30. The Morgan fingerprint density at radius 2 is 1.68 bits per heavy atom. The normalized spacial score (nSPS) is 12.9. The summed E-state index contributed by atoms with van der Waals surface area (Å²) in [6.07, 6.45) is 2.78. The summed E-state index contributed by atoms with van der Waals surface area (Å²) in [6.45, 7) is 8.23. The Hall–Kier alpha value is -3.07. The predicted molar refractivity (Wildman–Crippen MR) is 148 cm³/mol. The fourth-order valence-corrected chi connectivity index (χ4v) is 5.12. The van der Waals surface area contributed by atoms with E-state index in [1.165, 1.54) is 11.4 Å². The van der Waals surface area contributed by atoms with Crippen molar-refractivity contribution in [3.63, 3.8) is 0 Å². The molecule has 204 valence electrons. The maximum absolute atomic E-state index is 13.6. The van der Waals surface area contributed by atoms with E-state index in [2.05, 4.69) is 5.32 Å². The van der Waals surface area contributed by atoms with Crippen LogP contribution < -0.4 is 14.4 Å². The highest BCUT2D eigenvalue weighted by atomic mass is 32.2. The van der Waals surface area contributed by atoms with Crippen molar-refractivity contribution in [1.29, 1.82) is 0 Å². The first-order chi connectivity index (χ1) is 17.5. The third-order valence-corrected chi connectivity index (χ3v) is 7.67. The second-order valence-corrected chi connectivity index (χ2v) is 11.2. The molecule has 0 aliphatic carbocycles. The number of sulfonamides is 1. The Morgan fingerprint density at radius 1 is 1.03 bits per heavy atom. The molecule has 0 fully saturated rings. The summed E-state index contributed by atoms with van der Waals surface area (Å²) < 4.78 is 31.8. The predicted octanol–water partition coefficient (Wildman–Crippen LogP) is 4.27.